The van der Waals surface area contributed by atoms with Gasteiger partial charge in [0.15, 0.2) is 0 Å². The Hall–Kier alpha value is -3.22. The molecule has 0 aliphatic carbocycles. The van der Waals surface area contributed by atoms with E-state index in [0.717, 1.165) is 16.7 Å². The Bertz CT molecular complexity index is 903. The third-order valence-corrected chi connectivity index (χ3v) is 3.55. The smallest absolute Gasteiger partial charge is 0.254 e. The predicted molar refractivity (Wildman–Crippen MR) is 90.7 cm³/mol. The maximum atomic E-state index is 12.4. The lowest BCUT2D eigenvalue weighted by molar-refractivity contribution is -0.116. The van der Waals surface area contributed by atoms with Gasteiger partial charge in [-0.1, -0.05) is 6.07 Å². The molecule has 0 saturated heterocycles. The summed E-state index contributed by atoms with van der Waals surface area (Å²) in [5.74, 6) is -0.0647. The van der Waals surface area contributed by atoms with Gasteiger partial charge in [-0.15, -0.1) is 0 Å². The first-order valence-electron chi connectivity index (χ1n) is 7.45. The van der Waals surface area contributed by atoms with Gasteiger partial charge in [-0.3, -0.25) is 9.59 Å². The van der Waals surface area contributed by atoms with Crippen LogP contribution in [0, 0.1) is 6.92 Å². The maximum absolute atomic E-state index is 12.4. The summed E-state index contributed by atoms with van der Waals surface area (Å²) >= 11 is 0. The van der Waals surface area contributed by atoms with Crippen LogP contribution in [0.5, 0.6) is 0 Å². The molecule has 24 heavy (non-hydrogen) atoms. The van der Waals surface area contributed by atoms with Gasteiger partial charge < -0.3 is 15.2 Å². The minimum atomic E-state index is -0.299. The fraction of sp³-hybridized carbons (Fsp3) is 0.176. The van der Waals surface area contributed by atoms with Crippen molar-refractivity contribution in [1.29, 1.82) is 0 Å². The number of fused-ring (bicyclic) bond motifs is 1. The molecule has 3 rings (SSSR count). The average Bonchev–Trinajstić information content (AvgIpc) is 3.01. The van der Waals surface area contributed by atoms with E-state index >= 15 is 0 Å². The second-order valence-corrected chi connectivity index (χ2v) is 5.51. The van der Waals surface area contributed by atoms with E-state index in [1.807, 2.05) is 19.1 Å². The summed E-state index contributed by atoms with van der Waals surface area (Å²) in [6.07, 6.45) is 1.57. The van der Waals surface area contributed by atoms with Crippen LogP contribution in [0.25, 0.3) is 11.0 Å². The van der Waals surface area contributed by atoms with Gasteiger partial charge in [0.1, 0.15) is 5.82 Å². The molecule has 7 heteroatoms. The summed E-state index contributed by atoms with van der Waals surface area (Å²) in [6, 6.07) is 10.6. The molecule has 0 fully saturated rings. The number of nitrogens with zero attached hydrogens (tertiary/aromatic N) is 3. The Morgan fingerprint density at radius 3 is 2.88 bits per heavy atom. The maximum Gasteiger partial charge on any atom is 0.254 e. The molecule has 2 N–H and O–H groups in total. The molecule has 0 aliphatic heterocycles. The monoisotopic (exact) mass is 323 g/mol. The number of H-pyrrole nitrogens is 1. The molecule has 0 saturated carbocycles. The topological polar surface area (TPSA) is 91.0 Å². The van der Waals surface area contributed by atoms with Crippen LogP contribution in [-0.2, 0) is 4.79 Å². The van der Waals surface area contributed by atoms with Crippen molar-refractivity contribution in [3.8, 4) is 0 Å². The van der Waals surface area contributed by atoms with Gasteiger partial charge in [-0.25, -0.2) is 9.97 Å². The third kappa shape index (κ3) is 3.40. The number of anilines is 1. The van der Waals surface area contributed by atoms with Gasteiger partial charge in [0.2, 0.25) is 5.91 Å². The second kappa shape index (κ2) is 6.49. The van der Waals surface area contributed by atoms with Gasteiger partial charge in [-0.2, -0.15) is 0 Å². The first-order chi connectivity index (χ1) is 11.5. The molecule has 0 aliphatic rings. The first-order valence-corrected chi connectivity index (χ1v) is 7.45. The van der Waals surface area contributed by atoms with E-state index in [2.05, 4.69) is 20.3 Å². The third-order valence-electron chi connectivity index (χ3n) is 3.55. The fourth-order valence-electron chi connectivity index (χ4n) is 2.37. The highest BCUT2D eigenvalue weighted by Crippen LogP contribution is 2.13. The molecule has 2 amide bonds. The molecule has 0 unspecified atom stereocenters. The van der Waals surface area contributed by atoms with Crippen molar-refractivity contribution >= 4 is 28.7 Å². The summed E-state index contributed by atoms with van der Waals surface area (Å²) in [5, 5.41) is 2.69. The lowest BCUT2D eigenvalue weighted by atomic mass is 10.2. The average molecular weight is 323 g/mol. The Morgan fingerprint density at radius 1 is 1.25 bits per heavy atom. The standard InChI is InChI=1S/C17H17N5O2/c1-11-4-3-5-15(20-11)21-16(23)9-22(2)17(24)12-6-7-13-14(8-12)19-10-18-13/h3-8,10H,9H2,1-2H3,(H,18,19)(H,20,21,23). The highest BCUT2D eigenvalue weighted by molar-refractivity contribution is 6.00. The Balaban J connectivity index is 1.65. The van der Waals surface area contributed by atoms with Crippen molar-refractivity contribution in [3.05, 3.63) is 54.0 Å². The van der Waals surface area contributed by atoms with E-state index in [1.54, 1.807) is 37.6 Å². The number of aromatic amines is 1. The largest absolute Gasteiger partial charge is 0.345 e. The number of imidazole rings is 1. The zero-order chi connectivity index (χ0) is 17.1. The van der Waals surface area contributed by atoms with Crippen LogP contribution < -0.4 is 5.32 Å². The highest BCUT2D eigenvalue weighted by Gasteiger charge is 2.16. The Labute approximate surface area is 138 Å². The van der Waals surface area contributed by atoms with Gasteiger partial charge in [0, 0.05) is 18.3 Å². The van der Waals surface area contributed by atoms with Crippen molar-refractivity contribution in [2.45, 2.75) is 6.92 Å². The number of benzene rings is 1. The van der Waals surface area contributed by atoms with Crippen LogP contribution in [0.3, 0.4) is 0 Å². The van der Waals surface area contributed by atoms with Crippen LogP contribution in [0.15, 0.2) is 42.7 Å². The van der Waals surface area contributed by atoms with Gasteiger partial charge in [-0.05, 0) is 37.3 Å². The van der Waals surface area contributed by atoms with Crippen LogP contribution in [-0.4, -0.2) is 45.3 Å². The van der Waals surface area contributed by atoms with Crippen molar-refractivity contribution in [2.24, 2.45) is 0 Å². The highest BCUT2D eigenvalue weighted by atomic mass is 16.2. The number of hydrogen-bond acceptors (Lipinski definition) is 4. The van der Waals surface area contributed by atoms with Crippen molar-refractivity contribution in [1.82, 2.24) is 19.9 Å². The lowest BCUT2D eigenvalue weighted by Crippen LogP contribution is -2.35. The number of carbonyl (C=O) groups excluding carboxylic acids is 2. The predicted octanol–water partition coefficient (Wildman–Crippen LogP) is 1.98. The SMILES string of the molecule is Cc1cccc(NC(=O)CN(C)C(=O)c2ccc3nc[nH]c3c2)n1. The number of aromatic nitrogens is 3. The molecule has 0 spiro atoms. The van der Waals surface area contributed by atoms with E-state index in [1.165, 1.54) is 4.90 Å². The van der Waals surface area contributed by atoms with E-state index < -0.39 is 0 Å². The molecule has 0 atom stereocenters. The molecule has 2 heterocycles. The van der Waals surface area contributed by atoms with Gasteiger partial charge in [0.05, 0.1) is 23.9 Å². The molecular formula is C17H17N5O2. The number of carbonyl (C=O) groups is 2. The van der Waals surface area contributed by atoms with Crippen molar-refractivity contribution < 1.29 is 9.59 Å². The summed E-state index contributed by atoms with van der Waals surface area (Å²) in [5.41, 5.74) is 2.88. The fourth-order valence-corrected chi connectivity index (χ4v) is 2.37. The summed E-state index contributed by atoms with van der Waals surface area (Å²) in [6.45, 7) is 1.78. The quantitative estimate of drug-likeness (QED) is 0.768. The number of aryl methyl sites for hydroxylation is 1. The van der Waals surface area contributed by atoms with Crippen LogP contribution in [0.2, 0.25) is 0 Å². The van der Waals surface area contributed by atoms with Gasteiger partial charge >= 0.3 is 0 Å². The minimum absolute atomic E-state index is 0.0601. The lowest BCUT2D eigenvalue weighted by Gasteiger charge is -2.16. The van der Waals surface area contributed by atoms with Crippen LogP contribution in [0.1, 0.15) is 16.1 Å². The molecule has 3 aromatic rings. The normalized spacial score (nSPS) is 10.6. The van der Waals surface area contributed by atoms with Crippen molar-refractivity contribution in [3.63, 3.8) is 0 Å². The number of nitrogens with one attached hydrogen (secondary N) is 2. The Morgan fingerprint density at radius 2 is 2.08 bits per heavy atom. The molecule has 0 radical (unpaired) electrons. The molecular weight excluding hydrogens is 306 g/mol. The first kappa shape index (κ1) is 15.7. The number of likely N-dealkylation sites (N-methyl/N-ethyl adjacent to an activating group) is 1. The molecule has 0 bridgehead atoms. The zero-order valence-corrected chi connectivity index (χ0v) is 13.4. The minimum Gasteiger partial charge on any atom is -0.345 e. The molecule has 1 aromatic carbocycles. The summed E-state index contributed by atoms with van der Waals surface area (Å²) in [4.78, 5) is 37.2. The molecule has 7 nitrogen and oxygen atoms in total. The van der Waals surface area contributed by atoms with E-state index in [0.29, 0.717) is 11.4 Å². The Kier molecular flexibility index (Phi) is 4.24. The van der Waals surface area contributed by atoms with E-state index in [9.17, 15) is 9.59 Å². The van der Waals surface area contributed by atoms with Crippen LogP contribution >= 0.6 is 0 Å². The number of amides is 2. The summed E-state index contributed by atoms with van der Waals surface area (Å²) in [7, 11) is 1.59. The zero-order valence-electron chi connectivity index (χ0n) is 13.4. The number of pyridine rings is 1. The number of rotatable bonds is 4. The van der Waals surface area contributed by atoms with Gasteiger partial charge in [0.25, 0.3) is 5.91 Å². The van der Waals surface area contributed by atoms with E-state index in [-0.39, 0.29) is 18.4 Å². The van der Waals surface area contributed by atoms with Crippen LogP contribution in [0.4, 0.5) is 5.82 Å². The van der Waals surface area contributed by atoms with E-state index in [4.69, 9.17) is 0 Å². The second-order valence-electron chi connectivity index (χ2n) is 5.51. The summed E-state index contributed by atoms with van der Waals surface area (Å²) < 4.78 is 0. The molecule has 2 aromatic heterocycles. The van der Waals surface area contributed by atoms with Crippen molar-refractivity contribution in [2.75, 3.05) is 18.9 Å². The number of hydrogen-bond donors (Lipinski definition) is 2. The molecule has 122 valence electrons.